The van der Waals surface area contributed by atoms with Gasteiger partial charge in [-0.3, -0.25) is 9.78 Å². The molecule has 1 unspecified atom stereocenters. The van der Waals surface area contributed by atoms with Gasteiger partial charge in [-0.25, -0.2) is 0 Å². The van der Waals surface area contributed by atoms with Crippen LogP contribution in [0.5, 0.6) is 0 Å². The maximum absolute atomic E-state index is 12.0. The molecule has 1 amide bonds. The minimum Gasteiger partial charge on any atom is -0.350 e. The summed E-state index contributed by atoms with van der Waals surface area (Å²) in [6, 6.07) is 3.97. The Balaban J connectivity index is 1.80. The molecule has 1 aliphatic rings. The molecule has 3 nitrogen and oxygen atoms in total. The first-order valence-corrected chi connectivity index (χ1v) is 6.95. The Labute approximate surface area is 109 Å². The number of carbonyl (C=O) groups excluding carboxylic acids is 1. The summed E-state index contributed by atoms with van der Waals surface area (Å²) in [5.74, 6) is 0.787. The van der Waals surface area contributed by atoms with Crippen molar-refractivity contribution in [2.45, 2.75) is 51.5 Å². The molecule has 1 heterocycles. The van der Waals surface area contributed by atoms with Crippen LogP contribution in [0.4, 0.5) is 0 Å². The molecule has 3 heteroatoms. The fourth-order valence-electron chi connectivity index (χ4n) is 2.69. The van der Waals surface area contributed by atoms with Gasteiger partial charge in [-0.15, -0.1) is 0 Å². The first-order valence-electron chi connectivity index (χ1n) is 6.95. The van der Waals surface area contributed by atoms with Crippen LogP contribution in [0, 0.1) is 5.92 Å². The molecule has 0 saturated heterocycles. The second-order valence-electron chi connectivity index (χ2n) is 5.28. The second-order valence-corrected chi connectivity index (χ2v) is 5.28. The molecule has 1 aromatic rings. The third kappa shape index (κ3) is 3.83. The van der Waals surface area contributed by atoms with Crippen molar-refractivity contribution in [3.05, 3.63) is 30.1 Å². The van der Waals surface area contributed by atoms with E-state index in [4.69, 9.17) is 0 Å². The van der Waals surface area contributed by atoms with E-state index in [0.717, 1.165) is 5.56 Å². The third-order valence-electron chi connectivity index (χ3n) is 3.78. The van der Waals surface area contributed by atoms with Gasteiger partial charge < -0.3 is 5.32 Å². The van der Waals surface area contributed by atoms with E-state index in [2.05, 4.69) is 10.3 Å². The van der Waals surface area contributed by atoms with Crippen molar-refractivity contribution in [2.24, 2.45) is 5.92 Å². The highest BCUT2D eigenvalue weighted by atomic mass is 16.1. The van der Waals surface area contributed by atoms with Crippen LogP contribution >= 0.6 is 0 Å². The predicted molar refractivity (Wildman–Crippen MR) is 72.0 cm³/mol. The molecule has 0 bridgehead atoms. The van der Waals surface area contributed by atoms with Crippen molar-refractivity contribution in [3.8, 4) is 0 Å². The van der Waals surface area contributed by atoms with Crippen molar-refractivity contribution in [1.82, 2.24) is 10.3 Å². The quantitative estimate of drug-likeness (QED) is 0.886. The van der Waals surface area contributed by atoms with E-state index < -0.39 is 0 Å². The zero-order valence-corrected chi connectivity index (χ0v) is 11.1. The average Bonchev–Trinajstić information content (AvgIpc) is 2.40. The fraction of sp³-hybridized carbons (Fsp3) is 0.600. The summed E-state index contributed by atoms with van der Waals surface area (Å²) in [7, 11) is 0. The van der Waals surface area contributed by atoms with Gasteiger partial charge in [0, 0.05) is 18.8 Å². The van der Waals surface area contributed by atoms with Crippen LogP contribution < -0.4 is 5.32 Å². The first-order chi connectivity index (χ1) is 8.75. The van der Waals surface area contributed by atoms with Crippen molar-refractivity contribution < 1.29 is 4.79 Å². The van der Waals surface area contributed by atoms with E-state index in [1.54, 1.807) is 12.4 Å². The molecule has 1 aromatic heterocycles. The Morgan fingerprint density at radius 1 is 1.33 bits per heavy atom. The van der Waals surface area contributed by atoms with Crippen molar-refractivity contribution in [2.75, 3.05) is 0 Å². The van der Waals surface area contributed by atoms with Crippen molar-refractivity contribution in [1.29, 1.82) is 0 Å². The molecular weight excluding hydrogens is 224 g/mol. The molecule has 1 N–H and O–H groups in total. The predicted octanol–water partition coefficient (Wildman–Crippen LogP) is 3.23. The first kappa shape index (κ1) is 13.1. The summed E-state index contributed by atoms with van der Waals surface area (Å²) in [6.07, 6.45) is 10.6. The summed E-state index contributed by atoms with van der Waals surface area (Å²) < 4.78 is 0. The van der Waals surface area contributed by atoms with Gasteiger partial charge in [-0.05, 0) is 43.4 Å². The molecule has 1 saturated carbocycles. The third-order valence-corrected chi connectivity index (χ3v) is 3.78. The molecule has 0 aliphatic heterocycles. The molecule has 1 fully saturated rings. The summed E-state index contributed by atoms with van der Waals surface area (Å²) in [5, 5.41) is 3.08. The van der Waals surface area contributed by atoms with E-state index in [1.807, 2.05) is 19.1 Å². The summed E-state index contributed by atoms with van der Waals surface area (Å²) in [4.78, 5) is 16.0. The van der Waals surface area contributed by atoms with Gasteiger partial charge in [0.05, 0.1) is 6.04 Å². The molecule has 2 rings (SSSR count). The number of nitrogens with one attached hydrogen (secondary N) is 1. The van der Waals surface area contributed by atoms with Crippen molar-refractivity contribution in [3.63, 3.8) is 0 Å². The Kier molecular flexibility index (Phi) is 4.73. The monoisotopic (exact) mass is 246 g/mol. The molecular formula is C15H22N2O. The number of rotatable bonds is 4. The summed E-state index contributed by atoms with van der Waals surface area (Å²) in [5.41, 5.74) is 1.11. The maximum Gasteiger partial charge on any atom is 0.220 e. The average molecular weight is 246 g/mol. The zero-order valence-electron chi connectivity index (χ0n) is 11.1. The highest BCUT2D eigenvalue weighted by Crippen LogP contribution is 2.26. The highest BCUT2D eigenvalue weighted by Gasteiger charge is 2.18. The van der Waals surface area contributed by atoms with Gasteiger partial charge in [0.25, 0.3) is 0 Å². The maximum atomic E-state index is 12.0. The van der Waals surface area contributed by atoms with Gasteiger partial charge in [-0.1, -0.05) is 19.3 Å². The van der Waals surface area contributed by atoms with Crippen LogP contribution in [0.3, 0.4) is 0 Å². The number of pyridine rings is 1. The SMILES string of the molecule is CC(NC(=O)CC1CCCCC1)c1ccncc1. The van der Waals surface area contributed by atoms with Crippen LogP contribution in [-0.2, 0) is 4.79 Å². The van der Waals surface area contributed by atoms with Gasteiger partial charge in [0.1, 0.15) is 0 Å². The minimum atomic E-state index is 0.0732. The molecule has 0 aromatic carbocycles. The Bertz CT molecular complexity index is 371. The molecule has 1 aliphatic carbocycles. The van der Waals surface area contributed by atoms with Crippen molar-refractivity contribution >= 4 is 5.91 Å². The van der Waals surface area contributed by atoms with Crippen LogP contribution in [0.15, 0.2) is 24.5 Å². The summed E-state index contributed by atoms with van der Waals surface area (Å²) >= 11 is 0. The van der Waals surface area contributed by atoms with Crippen LogP contribution in [0.1, 0.15) is 57.1 Å². The molecule has 0 radical (unpaired) electrons. The van der Waals surface area contributed by atoms with E-state index in [-0.39, 0.29) is 11.9 Å². The van der Waals surface area contributed by atoms with Gasteiger partial charge >= 0.3 is 0 Å². The number of hydrogen-bond donors (Lipinski definition) is 1. The van der Waals surface area contributed by atoms with Gasteiger partial charge in [-0.2, -0.15) is 0 Å². The number of carbonyl (C=O) groups is 1. The zero-order chi connectivity index (χ0) is 12.8. The fourth-order valence-corrected chi connectivity index (χ4v) is 2.69. The lowest BCUT2D eigenvalue weighted by Gasteiger charge is -2.22. The van der Waals surface area contributed by atoms with E-state index in [0.29, 0.717) is 12.3 Å². The van der Waals surface area contributed by atoms with Crippen LogP contribution in [0.25, 0.3) is 0 Å². The smallest absolute Gasteiger partial charge is 0.220 e. The van der Waals surface area contributed by atoms with Crippen LogP contribution in [-0.4, -0.2) is 10.9 Å². The lowest BCUT2D eigenvalue weighted by atomic mass is 9.87. The largest absolute Gasteiger partial charge is 0.350 e. The molecule has 18 heavy (non-hydrogen) atoms. The Hall–Kier alpha value is -1.38. The number of nitrogens with zero attached hydrogens (tertiary/aromatic N) is 1. The topological polar surface area (TPSA) is 42.0 Å². The van der Waals surface area contributed by atoms with Gasteiger partial charge in [0.2, 0.25) is 5.91 Å². The van der Waals surface area contributed by atoms with Gasteiger partial charge in [0.15, 0.2) is 0 Å². The Morgan fingerprint density at radius 3 is 2.67 bits per heavy atom. The van der Waals surface area contributed by atoms with E-state index >= 15 is 0 Å². The minimum absolute atomic E-state index is 0.0732. The number of hydrogen-bond acceptors (Lipinski definition) is 2. The molecule has 0 spiro atoms. The number of amides is 1. The normalized spacial score (nSPS) is 18.3. The molecule has 1 atom stereocenters. The van der Waals surface area contributed by atoms with Crippen LogP contribution in [0.2, 0.25) is 0 Å². The highest BCUT2D eigenvalue weighted by molar-refractivity contribution is 5.76. The van der Waals surface area contributed by atoms with E-state index in [1.165, 1.54) is 32.1 Å². The molecule has 98 valence electrons. The second kappa shape index (κ2) is 6.53. The standard InChI is InChI=1S/C15H22N2O/c1-12(14-7-9-16-10-8-14)17-15(18)11-13-5-3-2-4-6-13/h7-10,12-13H,2-6,11H2,1H3,(H,17,18). The Morgan fingerprint density at radius 2 is 2.00 bits per heavy atom. The lowest BCUT2D eigenvalue weighted by molar-refractivity contribution is -0.122. The summed E-state index contributed by atoms with van der Waals surface area (Å²) in [6.45, 7) is 2.02. The lowest BCUT2D eigenvalue weighted by Crippen LogP contribution is -2.28. The van der Waals surface area contributed by atoms with E-state index in [9.17, 15) is 4.79 Å². The number of aromatic nitrogens is 1.